The van der Waals surface area contributed by atoms with E-state index in [0.717, 1.165) is 37.5 Å². The Hall–Kier alpha value is -3.55. The van der Waals surface area contributed by atoms with Crippen molar-refractivity contribution in [2.75, 3.05) is 5.32 Å². The molecule has 1 heterocycles. The average molecular weight is 439 g/mol. The fourth-order valence-electron chi connectivity index (χ4n) is 3.53. The molecule has 0 spiro atoms. The van der Waals surface area contributed by atoms with Gasteiger partial charge in [-0.05, 0) is 49.6 Å². The summed E-state index contributed by atoms with van der Waals surface area (Å²) >= 11 is 0. The molecule has 1 aliphatic rings. The topological polar surface area (TPSA) is 84.2 Å². The van der Waals surface area contributed by atoms with Crippen molar-refractivity contribution in [3.05, 3.63) is 71.1 Å². The lowest BCUT2D eigenvalue weighted by atomic mass is 9.85. The molecule has 0 unspecified atom stereocenters. The van der Waals surface area contributed by atoms with Crippen LogP contribution in [0, 0.1) is 24.5 Å². The second-order valence-corrected chi connectivity index (χ2v) is 7.92. The summed E-state index contributed by atoms with van der Waals surface area (Å²) in [6, 6.07) is 10.3. The smallest absolute Gasteiger partial charge is 0.228 e. The molecule has 6 nitrogen and oxygen atoms in total. The van der Waals surface area contributed by atoms with Crippen molar-refractivity contribution in [3.8, 4) is 11.5 Å². The Labute approximate surface area is 184 Å². The van der Waals surface area contributed by atoms with Crippen LogP contribution in [0.2, 0.25) is 0 Å². The number of nitrogens with one attached hydrogen (secondary N) is 2. The van der Waals surface area contributed by atoms with Crippen molar-refractivity contribution in [2.45, 2.75) is 39.2 Å². The summed E-state index contributed by atoms with van der Waals surface area (Å²) in [7, 11) is 0. The first-order chi connectivity index (χ1) is 15.4. The van der Waals surface area contributed by atoms with Gasteiger partial charge in [-0.15, -0.1) is 0 Å². The van der Waals surface area contributed by atoms with Crippen LogP contribution in [0.3, 0.4) is 0 Å². The van der Waals surface area contributed by atoms with Crippen LogP contribution in [-0.4, -0.2) is 16.8 Å². The number of amides is 2. The van der Waals surface area contributed by atoms with E-state index in [4.69, 9.17) is 4.42 Å². The maximum atomic E-state index is 13.3. The normalized spacial score (nSPS) is 13.5. The largest absolute Gasteiger partial charge is 0.441 e. The number of hydrogen-bond donors (Lipinski definition) is 2. The standard InChI is InChI=1S/C24H23F2N3O3/c1-14-21(13-27-22(30)11-15-9-17(25)12-18(26)10-15)29-24(32-14)19-7-2-3-8-20(19)28-23(31)16-5-4-6-16/h2-3,7-10,12,16H,4-6,11,13H2,1H3,(H,27,30)(H,28,31). The first-order valence-corrected chi connectivity index (χ1v) is 10.5. The minimum Gasteiger partial charge on any atom is -0.441 e. The fourth-order valence-corrected chi connectivity index (χ4v) is 3.53. The summed E-state index contributed by atoms with van der Waals surface area (Å²) in [5.74, 6) is -0.951. The van der Waals surface area contributed by atoms with Gasteiger partial charge in [-0.1, -0.05) is 18.6 Å². The van der Waals surface area contributed by atoms with Gasteiger partial charge >= 0.3 is 0 Å². The van der Waals surface area contributed by atoms with E-state index < -0.39 is 17.5 Å². The van der Waals surface area contributed by atoms with E-state index in [1.54, 1.807) is 13.0 Å². The molecule has 2 amide bonds. The molecule has 1 aromatic heterocycles. The number of carbonyl (C=O) groups excluding carboxylic acids is 2. The molecule has 1 aliphatic carbocycles. The predicted molar refractivity (Wildman–Crippen MR) is 115 cm³/mol. The van der Waals surface area contributed by atoms with Gasteiger partial charge in [-0.25, -0.2) is 13.8 Å². The lowest BCUT2D eigenvalue weighted by Crippen LogP contribution is -2.28. The van der Waals surface area contributed by atoms with E-state index in [-0.39, 0.29) is 30.4 Å². The molecule has 2 aromatic carbocycles. The number of oxazole rings is 1. The molecule has 2 N–H and O–H groups in total. The van der Waals surface area contributed by atoms with Gasteiger partial charge in [0.15, 0.2) is 0 Å². The summed E-state index contributed by atoms with van der Waals surface area (Å²) < 4.78 is 32.4. The highest BCUT2D eigenvalue weighted by atomic mass is 19.1. The van der Waals surface area contributed by atoms with Gasteiger partial charge in [0.1, 0.15) is 23.1 Å². The fraction of sp³-hybridized carbons (Fsp3) is 0.292. The zero-order valence-corrected chi connectivity index (χ0v) is 17.6. The molecular weight excluding hydrogens is 416 g/mol. The van der Waals surface area contributed by atoms with Gasteiger partial charge in [0, 0.05) is 12.0 Å². The summed E-state index contributed by atoms with van der Waals surface area (Å²) in [6.45, 7) is 1.83. The first-order valence-electron chi connectivity index (χ1n) is 10.5. The SMILES string of the molecule is Cc1oc(-c2ccccc2NC(=O)C2CCC2)nc1CNC(=O)Cc1cc(F)cc(F)c1. The minimum atomic E-state index is -0.729. The van der Waals surface area contributed by atoms with Gasteiger partial charge in [0.05, 0.1) is 24.2 Å². The number of hydrogen-bond acceptors (Lipinski definition) is 4. The summed E-state index contributed by atoms with van der Waals surface area (Å²) in [6.07, 6.45) is 2.72. The zero-order valence-electron chi connectivity index (χ0n) is 17.6. The number of rotatable bonds is 7. The van der Waals surface area contributed by atoms with Crippen molar-refractivity contribution in [3.63, 3.8) is 0 Å². The van der Waals surface area contributed by atoms with Crippen molar-refractivity contribution < 1.29 is 22.8 Å². The highest BCUT2D eigenvalue weighted by Gasteiger charge is 2.26. The summed E-state index contributed by atoms with van der Waals surface area (Å²) in [5, 5.41) is 5.65. The number of aryl methyl sites for hydroxylation is 1. The Morgan fingerprint density at radius 3 is 2.53 bits per heavy atom. The summed E-state index contributed by atoms with van der Waals surface area (Å²) in [5.41, 5.74) is 2.04. The van der Waals surface area contributed by atoms with Crippen LogP contribution >= 0.6 is 0 Å². The van der Waals surface area contributed by atoms with Crippen LogP contribution in [0.15, 0.2) is 46.9 Å². The van der Waals surface area contributed by atoms with E-state index in [0.29, 0.717) is 28.6 Å². The van der Waals surface area contributed by atoms with Gasteiger partial charge < -0.3 is 15.1 Å². The Kier molecular flexibility index (Phi) is 6.30. The van der Waals surface area contributed by atoms with Crippen LogP contribution in [0.4, 0.5) is 14.5 Å². The molecule has 32 heavy (non-hydrogen) atoms. The molecule has 166 valence electrons. The summed E-state index contributed by atoms with van der Waals surface area (Å²) in [4.78, 5) is 29.1. The quantitative estimate of drug-likeness (QED) is 0.567. The molecule has 8 heteroatoms. The van der Waals surface area contributed by atoms with Crippen molar-refractivity contribution >= 4 is 17.5 Å². The molecule has 0 atom stereocenters. The lowest BCUT2D eigenvalue weighted by Gasteiger charge is -2.24. The number of halogens is 2. The second kappa shape index (κ2) is 9.30. The Bertz CT molecular complexity index is 1130. The molecule has 0 aliphatic heterocycles. The number of aromatic nitrogens is 1. The average Bonchev–Trinajstić information content (AvgIpc) is 3.05. The highest BCUT2D eigenvalue weighted by Crippen LogP contribution is 2.32. The van der Waals surface area contributed by atoms with Crippen molar-refractivity contribution in [1.29, 1.82) is 0 Å². The maximum Gasteiger partial charge on any atom is 0.228 e. The Balaban J connectivity index is 1.43. The molecule has 0 saturated heterocycles. The van der Waals surface area contributed by atoms with Gasteiger partial charge in [0.25, 0.3) is 0 Å². The third-order valence-corrected chi connectivity index (χ3v) is 5.52. The lowest BCUT2D eigenvalue weighted by molar-refractivity contribution is -0.122. The molecule has 0 radical (unpaired) electrons. The maximum absolute atomic E-state index is 13.3. The highest BCUT2D eigenvalue weighted by molar-refractivity contribution is 5.96. The second-order valence-electron chi connectivity index (χ2n) is 7.92. The van der Waals surface area contributed by atoms with Gasteiger partial charge in [0.2, 0.25) is 17.7 Å². The van der Waals surface area contributed by atoms with Crippen molar-refractivity contribution in [2.24, 2.45) is 5.92 Å². The van der Waals surface area contributed by atoms with Crippen LogP contribution in [0.25, 0.3) is 11.5 Å². The zero-order chi connectivity index (χ0) is 22.7. The number of para-hydroxylation sites is 1. The minimum absolute atomic E-state index is 0.00625. The molecule has 1 saturated carbocycles. The molecule has 3 aromatic rings. The Morgan fingerprint density at radius 2 is 1.84 bits per heavy atom. The predicted octanol–water partition coefficient (Wildman–Crippen LogP) is 4.53. The van der Waals surface area contributed by atoms with Crippen LogP contribution in [0.1, 0.15) is 36.3 Å². The first kappa shape index (κ1) is 21.7. The third kappa shape index (κ3) is 5.01. The van der Waals surface area contributed by atoms with Crippen LogP contribution < -0.4 is 10.6 Å². The van der Waals surface area contributed by atoms with E-state index >= 15 is 0 Å². The van der Waals surface area contributed by atoms with E-state index in [1.165, 1.54) is 0 Å². The monoisotopic (exact) mass is 439 g/mol. The third-order valence-electron chi connectivity index (χ3n) is 5.52. The number of anilines is 1. The van der Waals surface area contributed by atoms with Gasteiger partial charge in [-0.2, -0.15) is 0 Å². The van der Waals surface area contributed by atoms with Crippen molar-refractivity contribution in [1.82, 2.24) is 10.3 Å². The number of benzene rings is 2. The Morgan fingerprint density at radius 1 is 1.12 bits per heavy atom. The molecule has 1 fully saturated rings. The van der Waals surface area contributed by atoms with E-state index in [2.05, 4.69) is 15.6 Å². The van der Waals surface area contributed by atoms with Gasteiger partial charge in [-0.3, -0.25) is 9.59 Å². The van der Waals surface area contributed by atoms with Crippen LogP contribution in [-0.2, 0) is 22.6 Å². The molecule has 0 bridgehead atoms. The molecule has 4 rings (SSSR count). The molecular formula is C24H23F2N3O3. The number of carbonyl (C=O) groups is 2. The van der Waals surface area contributed by atoms with E-state index in [9.17, 15) is 18.4 Å². The van der Waals surface area contributed by atoms with Crippen LogP contribution in [0.5, 0.6) is 0 Å². The number of nitrogens with zero attached hydrogens (tertiary/aromatic N) is 1. The van der Waals surface area contributed by atoms with E-state index in [1.807, 2.05) is 18.2 Å².